The quantitative estimate of drug-likeness (QED) is 0.763. The number of ether oxygens (including phenoxy) is 1. The van der Waals surface area contributed by atoms with Crippen LogP contribution in [0.5, 0.6) is 5.75 Å². The molecule has 5 heteroatoms. The lowest BCUT2D eigenvalue weighted by Gasteiger charge is -2.25. The molecule has 2 aromatic carbocycles. The minimum Gasteiger partial charge on any atom is -0.489 e. The fourth-order valence-corrected chi connectivity index (χ4v) is 4.07. The zero-order chi connectivity index (χ0) is 16.1. The van der Waals surface area contributed by atoms with Crippen molar-refractivity contribution in [3.8, 4) is 5.75 Å². The van der Waals surface area contributed by atoms with Gasteiger partial charge < -0.3 is 9.64 Å². The molecule has 3 rings (SSSR count). The zero-order valence-corrected chi connectivity index (χ0v) is 14.2. The average molecular weight is 348 g/mol. The number of nitrogens with zero attached hydrogens (tertiary/aromatic N) is 1. The maximum atomic E-state index is 12.0. The zero-order valence-electron chi connectivity index (χ0n) is 12.7. The molecule has 1 aliphatic rings. The number of hydrogen-bond acceptors (Lipinski definition) is 3. The normalized spacial score (nSPS) is 17.3. The average Bonchev–Trinajstić information content (AvgIpc) is 3.10. The molecule has 0 unspecified atom stereocenters. The molecule has 1 saturated heterocycles. The molecule has 0 radical (unpaired) electrons. The van der Waals surface area contributed by atoms with Crippen LogP contribution >= 0.6 is 23.4 Å². The summed E-state index contributed by atoms with van der Waals surface area (Å²) in [5, 5.41) is -0.0202. The number of halogens is 1. The van der Waals surface area contributed by atoms with Gasteiger partial charge in [0.25, 0.3) is 0 Å². The van der Waals surface area contributed by atoms with E-state index in [2.05, 4.69) is 0 Å². The number of carbonyl (C=O) groups excluding carboxylic acids is 1. The third-order valence-electron chi connectivity index (χ3n) is 3.75. The molecule has 3 nitrogen and oxygen atoms in total. The van der Waals surface area contributed by atoms with Crippen LogP contribution in [0.25, 0.3) is 0 Å². The van der Waals surface area contributed by atoms with E-state index in [1.165, 1.54) is 0 Å². The minimum atomic E-state index is -0.0282. The van der Waals surface area contributed by atoms with Crippen molar-refractivity contribution in [2.45, 2.75) is 12.0 Å². The smallest absolute Gasteiger partial charge is 0.238 e. The Kier molecular flexibility index (Phi) is 5.47. The lowest BCUT2D eigenvalue weighted by molar-refractivity contribution is -0.128. The highest BCUT2D eigenvalue weighted by Gasteiger charge is 2.31. The summed E-state index contributed by atoms with van der Waals surface area (Å²) in [4.78, 5) is 13.9. The van der Waals surface area contributed by atoms with E-state index in [9.17, 15) is 4.79 Å². The van der Waals surface area contributed by atoms with Crippen molar-refractivity contribution in [1.29, 1.82) is 0 Å². The molecular weight excluding hydrogens is 330 g/mol. The molecule has 0 aliphatic carbocycles. The molecule has 1 aliphatic heterocycles. The Hall–Kier alpha value is -1.65. The molecule has 0 spiro atoms. The largest absolute Gasteiger partial charge is 0.489 e. The molecule has 1 atom stereocenters. The van der Waals surface area contributed by atoms with Gasteiger partial charge in [-0.05, 0) is 11.6 Å². The van der Waals surface area contributed by atoms with Crippen molar-refractivity contribution in [1.82, 2.24) is 4.90 Å². The van der Waals surface area contributed by atoms with Crippen molar-refractivity contribution in [3.63, 3.8) is 0 Å². The van der Waals surface area contributed by atoms with Gasteiger partial charge in [-0.25, -0.2) is 0 Å². The van der Waals surface area contributed by atoms with Crippen LogP contribution in [0.1, 0.15) is 16.5 Å². The number of amides is 1. The van der Waals surface area contributed by atoms with Crippen molar-refractivity contribution in [2.75, 3.05) is 18.2 Å². The second kappa shape index (κ2) is 7.75. The Morgan fingerprint density at radius 2 is 1.91 bits per heavy atom. The van der Waals surface area contributed by atoms with E-state index in [0.29, 0.717) is 6.61 Å². The standard InChI is InChI=1S/C18H18ClNO2S/c19-12-17(21)20-10-11-23-18(20)15-8-4-5-9-16(15)22-13-14-6-2-1-3-7-14/h1-9,18H,10-13H2/t18-/m1/s1. The second-order valence-electron chi connectivity index (χ2n) is 5.26. The van der Waals surface area contributed by atoms with E-state index >= 15 is 0 Å². The van der Waals surface area contributed by atoms with Crippen LogP contribution in [0.2, 0.25) is 0 Å². The van der Waals surface area contributed by atoms with Gasteiger partial charge in [0.15, 0.2) is 0 Å². The Morgan fingerprint density at radius 1 is 1.17 bits per heavy atom. The van der Waals surface area contributed by atoms with Gasteiger partial charge in [-0.1, -0.05) is 48.5 Å². The lowest BCUT2D eigenvalue weighted by Crippen LogP contribution is -2.31. The van der Waals surface area contributed by atoms with Crippen LogP contribution in [-0.2, 0) is 11.4 Å². The third-order valence-corrected chi connectivity index (χ3v) is 5.22. The molecule has 0 N–H and O–H groups in total. The van der Waals surface area contributed by atoms with Crippen LogP contribution in [0.3, 0.4) is 0 Å². The molecule has 2 aromatic rings. The molecule has 1 heterocycles. The van der Waals surface area contributed by atoms with Crippen LogP contribution in [0.15, 0.2) is 54.6 Å². The summed E-state index contributed by atoms with van der Waals surface area (Å²) >= 11 is 7.48. The van der Waals surface area contributed by atoms with Gasteiger partial charge in [-0.15, -0.1) is 23.4 Å². The summed E-state index contributed by atoms with van der Waals surface area (Å²) in [7, 11) is 0. The first-order chi connectivity index (χ1) is 11.3. The number of benzene rings is 2. The number of thioether (sulfide) groups is 1. The number of para-hydroxylation sites is 1. The molecule has 23 heavy (non-hydrogen) atoms. The number of alkyl halides is 1. The maximum absolute atomic E-state index is 12.0. The summed E-state index contributed by atoms with van der Waals surface area (Å²) in [6.45, 7) is 1.24. The molecule has 0 bridgehead atoms. The highest BCUT2D eigenvalue weighted by molar-refractivity contribution is 7.99. The van der Waals surface area contributed by atoms with Gasteiger partial charge in [-0.3, -0.25) is 4.79 Å². The van der Waals surface area contributed by atoms with Crippen molar-refractivity contribution in [2.24, 2.45) is 0 Å². The Bertz CT molecular complexity index is 665. The van der Waals surface area contributed by atoms with E-state index in [1.807, 2.05) is 59.5 Å². The van der Waals surface area contributed by atoms with Gasteiger partial charge in [0, 0.05) is 17.9 Å². The third kappa shape index (κ3) is 3.82. The van der Waals surface area contributed by atoms with Crippen molar-refractivity contribution >= 4 is 29.3 Å². The van der Waals surface area contributed by atoms with Gasteiger partial charge in [0.05, 0.1) is 0 Å². The summed E-state index contributed by atoms with van der Waals surface area (Å²) in [5.41, 5.74) is 2.15. The van der Waals surface area contributed by atoms with E-state index in [1.54, 1.807) is 11.8 Å². The predicted molar refractivity (Wildman–Crippen MR) is 94.8 cm³/mol. The van der Waals surface area contributed by atoms with Gasteiger partial charge in [-0.2, -0.15) is 0 Å². The SMILES string of the molecule is O=C(CCl)N1CCS[C@@H]1c1ccccc1OCc1ccccc1. The number of carbonyl (C=O) groups is 1. The maximum Gasteiger partial charge on any atom is 0.238 e. The minimum absolute atomic E-state index is 0.0180. The van der Waals surface area contributed by atoms with Crippen molar-refractivity contribution in [3.05, 3.63) is 65.7 Å². The molecule has 120 valence electrons. The monoisotopic (exact) mass is 347 g/mol. The topological polar surface area (TPSA) is 29.5 Å². The van der Waals surface area contributed by atoms with Gasteiger partial charge in [0.2, 0.25) is 5.91 Å². The Labute approximate surface area is 145 Å². The highest BCUT2D eigenvalue weighted by atomic mass is 35.5. The fourth-order valence-electron chi connectivity index (χ4n) is 2.61. The Balaban J connectivity index is 1.79. The first kappa shape index (κ1) is 16.2. The van der Waals surface area contributed by atoms with E-state index in [-0.39, 0.29) is 17.2 Å². The van der Waals surface area contributed by atoms with Gasteiger partial charge >= 0.3 is 0 Å². The molecule has 1 fully saturated rings. The summed E-state index contributed by atoms with van der Waals surface area (Å²) in [5.74, 6) is 1.73. The summed E-state index contributed by atoms with van der Waals surface area (Å²) < 4.78 is 6.01. The highest BCUT2D eigenvalue weighted by Crippen LogP contribution is 2.42. The van der Waals surface area contributed by atoms with E-state index in [4.69, 9.17) is 16.3 Å². The van der Waals surface area contributed by atoms with Crippen molar-refractivity contribution < 1.29 is 9.53 Å². The van der Waals surface area contributed by atoms with E-state index < -0.39 is 0 Å². The van der Waals surface area contributed by atoms with Crippen LogP contribution in [0.4, 0.5) is 0 Å². The fraction of sp³-hybridized carbons (Fsp3) is 0.278. The summed E-state index contributed by atoms with van der Waals surface area (Å²) in [6, 6.07) is 18.0. The first-order valence-electron chi connectivity index (χ1n) is 7.52. The number of hydrogen-bond donors (Lipinski definition) is 0. The van der Waals surface area contributed by atoms with Crippen LogP contribution in [0, 0.1) is 0 Å². The van der Waals surface area contributed by atoms with Gasteiger partial charge in [0.1, 0.15) is 23.6 Å². The lowest BCUT2D eigenvalue weighted by atomic mass is 10.1. The molecule has 0 aromatic heterocycles. The second-order valence-corrected chi connectivity index (χ2v) is 6.71. The summed E-state index contributed by atoms with van der Waals surface area (Å²) in [6.07, 6.45) is 0. The Morgan fingerprint density at radius 3 is 2.70 bits per heavy atom. The number of rotatable bonds is 5. The molecular formula is C18H18ClNO2S. The molecule has 1 amide bonds. The van der Waals surface area contributed by atoms with Crippen LogP contribution in [-0.4, -0.2) is 29.0 Å². The van der Waals surface area contributed by atoms with Crippen LogP contribution < -0.4 is 4.74 Å². The molecule has 0 saturated carbocycles. The first-order valence-corrected chi connectivity index (χ1v) is 9.10. The predicted octanol–water partition coefficient (Wildman–Crippen LogP) is 4.08. The van der Waals surface area contributed by atoms with E-state index in [0.717, 1.165) is 29.2 Å².